The highest BCUT2D eigenvalue weighted by Gasteiger charge is 2.09. The molecule has 0 amide bonds. The summed E-state index contributed by atoms with van der Waals surface area (Å²) in [7, 11) is 0. The fraction of sp³-hybridized carbons (Fsp3) is 0.625. The molecule has 1 atom stereocenters. The minimum atomic E-state index is 0.616. The minimum Gasteiger partial charge on any atom is -0.314 e. The van der Waals surface area contributed by atoms with Gasteiger partial charge in [-0.15, -0.1) is 0 Å². The molecule has 0 spiro atoms. The number of benzene rings is 1. The van der Waals surface area contributed by atoms with E-state index in [0.29, 0.717) is 6.04 Å². The van der Waals surface area contributed by atoms with Gasteiger partial charge in [0.25, 0.3) is 0 Å². The second-order valence-electron chi connectivity index (χ2n) is 4.90. The molecule has 0 saturated carbocycles. The smallest absolute Gasteiger partial charge is 0.0207 e. The van der Waals surface area contributed by atoms with Gasteiger partial charge in [-0.2, -0.15) is 0 Å². The number of hydrogen-bond donors (Lipinski definition) is 1. The molecule has 1 rings (SSSR count). The minimum absolute atomic E-state index is 0.616. The molecule has 1 nitrogen and oxygen atoms in total. The molecule has 0 saturated heterocycles. The van der Waals surface area contributed by atoms with Crippen molar-refractivity contribution in [2.75, 3.05) is 6.54 Å². The van der Waals surface area contributed by atoms with Crippen LogP contribution in [0.15, 0.2) is 28.7 Å². The van der Waals surface area contributed by atoms with Crippen LogP contribution in [0, 0.1) is 0 Å². The molecular formula is C16H26BrN. The number of likely N-dealkylation sites (N-methyl/N-ethyl adjacent to an activating group) is 1. The molecule has 1 aromatic carbocycles. The highest BCUT2D eigenvalue weighted by molar-refractivity contribution is 9.10. The average Bonchev–Trinajstić information content (AvgIpc) is 2.37. The van der Waals surface area contributed by atoms with Crippen molar-refractivity contribution in [2.24, 2.45) is 0 Å². The third-order valence-corrected chi connectivity index (χ3v) is 4.10. The van der Waals surface area contributed by atoms with Crippen molar-refractivity contribution in [2.45, 2.75) is 58.4 Å². The highest BCUT2D eigenvalue weighted by Crippen LogP contribution is 2.19. The zero-order valence-corrected chi connectivity index (χ0v) is 13.3. The van der Waals surface area contributed by atoms with Crippen LogP contribution in [0.2, 0.25) is 0 Å². The Labute approximate surface area is 120 Å². The molecule has 0 aromatic heterocycles. The lowest BCUT2D eigenvalue weighted by Crippen LogP contribution is -2.31. The lowest BCUT2D eigenvalue weighted by molar-refractivity contribution is 0.463. The van der Waals surface area contributed by atoms with Crippen LogP contribution in [-0.4, -0.2) is 12.6 Å². The van der Waals surface area contributed by atoms with E-state index in [9.17, 15) is 0 Å². The highest BCUT2D eigenvalue weighted by atomic mass is 79.9. The topological polar surface area (TPSA) is 12.0 Å². The van der Waals surface area contributed by atoms with Crippen LogP contribution in [0.5, 0.6) is 0 Å². The Hall–Kier alpha value is -0.340. The fourth-order valence-electron chi connectivity index (χ4n) is 2.31. The van der Waals surface area contributed by atoms with Crippen molar-refractivity contribution in [1.29, 1.82) is 0 Å². The van der Waals surface area contributed by atoms with E-state index >= 15 is 0 Å². The quantitative estimate of drug-likeness (QED) is 0.637. The van der Waals surface area contributed by atoms with Crippen molar-refractivity contribution in [3.05, 3.63) is 34.3 Å². The molecule has 0 aliphatic carbocycles. The summed E-state index contributed by atoms with van der Waals surface area (Å²) in [6.45, 7) is 5.52. The summed E-state index contributed by atoms with van der Waals surface area (Å²) in [6.07, 6.45) is 7.81. The molecule has 0 aliphatic rings. The van der Waals surface area contributed by atoms with Gasteiger partial charge in [0.1, 0.15) is 0 Å². The number of halogens is 1. The van der Waals surface area contributed by atoms with Crippen LogP contribution in [0.1, 0.15) is 51.5 Å². The van der Waals surface area contributed by atoms with E-state index in [2.05, 4.69) is 59.4 Å². The number of unbranched alkanes of at least 4 members (excludes halogenated alkanes) is 3. The van der Waals surface area contributed by atoms with Crippen LogP contribution in [-0.2, 0) is 6.42 Å². The van der Waals surface area contributed by atoms with Crippen molar-refractivity contribution < 1.29 is 0 Å². The fourth-order valence-corrected chi connectivity index (χ4v) is 2.76. The number of rotatable bonds is 9. The van der Waals surface area contributed by atoms with E-state index in [1.54, 1.807) is 0 Å². The van der Waals surface area contributed by atoms with Crippen LogP contribution < -0.4 is 5.32 Å². The maximum atomic E-state index is 3.64. The zero-order valence-electron chi connectivity index (χ0n) is 11.7. The second kappa shape index (κ2) is 9.57. The Bertz CT molecular complexity index is 325. The molecule has 102 valence electrons. The third kappa shape index (κ3) is 6.01. The predicted molar refractivity (Wildman–Crippen MR) is 84.1 cm³/mol. The van der Waals surface area contributed by atoms with Gasteiger partial charge in [-0.25, -0.2) is 0 Å². The van der Waals surface area contributed by atoms with Crippen molar-refractivity contribution in [1.82, 2.24) is 5.32 Å². The molecule has 1 unspecified atom stereocenters. The van der Waals surface area contributed by atoms with Gasteiger partial charge < -0.3 is 5.32 Å². The van der Waals surface area contributed by atoms with Crippen molar-refractivity contribution in [3.8, 4) is 0 Å². The number of hydrogen-bond acceptors (Lipinski definition) is 1. The van der Waals surface area contributed by atoms with Gasteiger partial charge in [0.2, 0.25) is 0 Å². The van der Waals surface area contributed by atoms with Gasteiger partial charge in [-0.3, -0.25) is 0 Å². The first kappa shape index (κ1) is 15.7. The molecule has 1 aromatic rings. The Balaban J connectivity index is 2.44. The van der Waals surface area contributed by atoms with E-state index in [-0.39, 0.29) is 0 Å². The molecule has 18 heavy (non-hydrogen) atoms. The third-order valence-electron chi connectivity index (χ3n) is 3.32. The summed E-state index contributed by atoms with van der Waals surface area (Å²) in [6, 6.07) is 9.18. The maximum absolute atomic E-state index is 3.64. The van der Waals surface area contributed by atoms with E-state index in [1.807, 2.05) is 0 Å². The monoisotopic (exact) mass is 311 g/mol. The van der Waals surface area contributed by atoms with E-state index in [1.165, 1.54) is 42.1 Å². The standard InChI is InChI=1S/C16H26BrN/c1-3-5-6-7-11-15(18-4-2)13-14-10-8-9-12-16(14)17/h8-10,12,15,18H,3-7,11,13H2,1-2H3. The summed E-state index contributed by atoms with van der Waals surface area (Å²) in [5.41, 5.74) is 1.42. The Kier molecular flexibility index (Phi) is 8.36. The Morgan fingerprint density at radius 3 is 2.56 bits per heavy atom. The summed E-state index contributed by atoms with van der Waals surface area (Å²) < 4.78 is 1.24. The molecule has 0 fully saturated rings. The predicted octanol–water partition coefficient (Wildman–Crippen LogP) is 4.94. The molecule has 0 aliphatic heterocycles. The van der Waals surface area contributed by atoms with E-state index in [4.69, 9.17) is 0 Å². The second-order valence-corrected chi connectivity index (χ2v) is 5.75. The van der Waals surface area contributed by atoms with Crippen molar-refractivity contribution in [3.63, 3.8) is 0 Å². The first-order valence-corrected chi connectivity index (χ1v) is 8.04. The van der Waals surface area contributed by atoms with Gasteiger partial charge >= 0.3 is 0 Å². The number of nitrogens with one attached hydrogen (secondary N) is 1. The van der Waals surface area contributed by atoms with Gasteiger partial charge in [-0.05, 0) is 31.0 Å². The van der Waals surface area contributed by atoms with Crippen molar-refractivity contribution >= 4 is 15.9 Å². The molecule has 0 heterocycles. The average molecular weight is 312 g/mol. The zero-order chi connectivity index (χ0) is 13.2. The summed E-state index contributed by atoms with van der Waals surface area (Å²) >= 11 is 3.64. The summed E-state index contributed by atoms with van der Waals surface area (Å²) in [4.78, 5) is 0. The van der Waals surface area contributed by atoms with E-state index in [0.717, 1.165) is 13.0 Å². The Morgan fingerprint density at radius 1 is 1.11 bits per heavy atom. The summed E-state index contributed by atoms with van der Waals surface area (Å²) in [5, 5.41) is 3.61. The van der Waals surface area contributed by atoms with E-state index < -0.39 is 0 Å². The maximum Gasteiger partial charge on any atom is 0.0207 e. The van der Waals surface area contributed by atoms with Gasteiger partial charge in [0.05, 0.1) is 0 Å². The summed E-state index contributed by atoms with van der Waals surface area (Å²) in [5.74, 6) is 0. The first-order valence-electron chi connectivity index (χ1n) is 7.24. The molecule has 0 radical (unpaired) electrons. The molecular weight excluding hydrogens is 286 g/mol. The largest absolute Gasteiger partial charge is 0.314 e. The van der Waals surface area contributed by atoms with Gasteiger partial charge in [0, 0.05) is 10.5 Å². The van der Waals surface area contributed by atoms with Crippen LogP contribution >= 0.6 is 15.9 Å². The molecule has 1 N–H and O–H groups in total. The van der Waals surface area contributed by atoms with Crippen LogP contribution in [0.25, 0.3) is 0 Å². The molecule has 0 bridgehead atoms. The van der Waals surface area contributed by atoms with Gasteiger partial charge in [-0.1, -0.05) is 73.7 Å². The Morgan fingerprint density at radius 2 is 1.89 bits per heavy atom. The van der Waals surface area contributed by atoms with Crippen LogP contribution in [0.4, 0.5) is 0 Å². The normalized spacial score (nSPS) is 12.6. The first-order chi connectivity index (χ1) is 8.77. The SMILES string of the molecule is CCCCCCC(Cc1ccccc1Br)NCC. The lowest BCUT2D eigenvalue weighted by Gasteiger charge is -2.18. The van der Waals surface area contributed by atoms with Gasteiger partial charge in [0.15, 0.2) is 0 Å². The van der Waals surface area contributed by atoms with Crippen LogP contribution in [0.3, 0.4) is 0 Å². The lowest BCUT2D eigenvalue weighted by atomic mass is 10.00. The molecule has 2 heteroatoms.